The van der Waals surface area contributed by atoms with Crippen LogP contribution in [0.1, 0.15) is 37.7 Å². The van der Waals surface area contributed by atoms with Gasteiger partial charge in [0.25, 0.3) is 0 Å². The van der Waals surface area contributed by atoms with Gasteiger partial charge in [-0.25, -0.2) is 4.79 Å². The first-order valence-electron chi connectivity index (χ1n) is 9.74. The smallest absolute Gasteiger partial charge is 0.317 e. The second-order valence-electron chi connectivity index (χ2n) is 8.61. The van der Waals surface area contributed by atoms with E-state index in [0.29, 0.717) is 12.5 Å². The Kier molecular flexibility index (Phi) is 4.30. The topological polar surface area (TPSA) is 43.9 Å². The summed E-state index contributed by atoms with van der Waals surface area (Å²) in [6.07, 6.45) is 6.46. The van der Waals surface area contributed by atoms with Crippen molar-refractivity contribution in [3.05, 3.63) is 35.9 Å². The van der Waals surface area contributed by atoms with E-state index >= 15 is 0 Å². The Morgan fingerprint density at radius 3 is 2.42 bits per heavy atom. The van der Waals surface area contributed by atoms with Crippen LogP contribution in [-0.2, 0) is 10.3 Å². The minimum absolute atomic E-state index is 0.0312. The Labute approximate surface area is 155 Å². The maximum atomic E-state index is 13.0. The quantitative estimate of drug-likeness (QED) is 0.737. The molecule has 0 N–H and O–H groups in total. The van der Waals surface area contributed by atoms with Gasteiger partial charge in [0.05, 0.1) is 17.6 Å². The van der Waals surface area contributed by atoms with Crippen LogP contribution >= 0.6 is 0 Å². The van der Waals surface area contributed by atoms with Crippen molar-refractivity contribution >= 4 is 12.3 Å². The highest BCUT2D eigenvalue weighted by Gasteiger charge is 2.64. The molecule has 140 valence electrons. The normalized spacial score (nSPS) is 31.4. The predicted molar refractivity (Wildman–Crippen MR) is 101 cm³/mol. The summed E-state index contributed by atoms with van der Waals surface area (Å²) in [5, 5.41) is 0. The fraction of sp³-hybridized carbons (Fsp3) is 0.619. The number of urea groups is 1. The molecule has 0 aromatic heterocycles. The summed E-state index contributed by atoms with van der Waals surface area (Å²) in [4.78, 5) is 30.2. The fourth-order valence-electron chi connectivity index (χ4n) is 5.19. The molecular weight excluding hydrogens is 326 g/mol. The number of carbonyl (C=O) groups excluding carboxylic acids is 2. The second kappa shape index (κ2) is 6.38. The maximum Gasteiger partial charge on any atom is 0.321 e. The van der Waals surface area contributed by atoms with Crippen LogP contribution in [0.4, 0.5) is 4.79 Å². The largest absolute Gasteiger partial charge is 0.321 e. The third-order valence-electron chi connectivity index (χ3n) is 6.93. The van der Waals surface area contributed by atoms with Crippen LogP contribution in [0, 0.1) is 5.92 Å². The Hall–Kier alpha value is -1.88. The summed E-state index contributed by atoms with van der Waals surface area (Å²) < 4.78 is 0. The molecule has 4 rings (SSSR count). The van der Waals surface area contributed by atoms with Crippen LogP contribution < -0.4 is 0 Å². The first-order valence-corrected chi connectivity index (χ1v) is 9.74. The molecule has 0 atom stereocenters. The summed E-state index contributed by atoms with van der Waals surface area (Å²) in [5.74, 6) is 0.637. The Balaban J connectivity index is 1.61. The summed E-state index contributed by atoms with van der Waals surface area (Å²) in [6.45, 7) is 1.74. The van der Waals surface area contributed by atoms with E-state index in [1.54, 1.807) is 4.90 Å². The van der Waals surface area contributed by atoms with E-state index in [1.165, 1.54) is 24.8 Å². The molecule has 2 saturated carbocycles. The van der Waals surface area contributed by atoms with E-state index in [2.05, 4.69) is 54.2 Å². The zero-order valence-corrected chi connectivity index (χ0v) is 15.9. The van der Waals surface area contributed by atoms with Gasteiger partial charge in [-0.05, 0) is 51.3 Å². The highest BCUT2D eigenvalue weighted by atomic mass is 16.2. The molecule has 5 heteroatoms. The van der Waals surface area contributed by atoms with E-state index in [-0.39, 0.29) is 23.7 Å². The highest BCUT2D eigenvalue weighted by molar-refractivity contribution is 5.81. The lowest BCUT2D eigenvalue weighted by atomic mass is 9.58. The van der Waals surface area contributed by atoms with E-state index in [1.807, 2.05) is 0 Å². The lowest BCUT2D eigenvalue weighted by Crippen LogP contribution is -2.68. The molecule has 2 aliphatic carbocycles. The number of rotatable bonds is 6. The molecule has 1 aromatic rings. The summed E-state index contributed by atoms with van der Waals surface area (Å²) in [7, 11) is 4.27. The van der Waals surface area contributed by atoms with E-state index in [9.17, 15) is 9.59 Å². The maximum absolute atomic E-state index is 13.0. The van der Waals surface area contributed by atoms with Crippen LogP contribution in [0.15, 0.2) is 30.3 Å². The van der Waals surface area contributed by atoms with Crippen molar-refractivity contribution in [3.8, 4) is 0 Å². The summed E-state index contributed by atoms with van der Waals surface area (Å²) >= 11 is 0. The lowest BCUT2D eigenvalue weighted by Gasteiger charge is -2.61. The Bertz CT molecular complexity index is 678. The van der Waals surface area contributed by atoms with Crippen LogP contribution in [0.25, 0.3) is 0 Å². The number of hydrogen-bond acceptors (Lipinski definition) is 3. The number of amides is 2. The van der Waals surface area contributed by atoms with E-state index in [4.69, 9.17) is 0 Å². The van der Waals surface area contributed by atoms with Crippen molar-refractivity contribution in [2.75, 3.05) is 33.7 Å². The van der Waals surface area contributed by atoms with Crippen LogP contribution in [-0.4, -0.2) is 66.3 Å². The van der Waals surface area contributed by atoms with Gasteiger partial charge in [0.15, 0.2) is 0 Å². The Morgan fingerprint density at radius 1 is 1.19 bits per heavy atom. The molecule has 3 aliphatic rings. The van der Waals surface area contributed by atoms with Crippen molar-refractivity contribution in [1.82, 2.24) is 14.7 Å². The standard InChI is InChI=1S/C21H29N3O2/c1-22(2)21(18-9-4-3-5-10-18)14-20(15-21)16-23(11-12-25)19(26)24(20)13-17-7-6-8-17/h3-5,9-10,12,17H,6-8,11,13-16H2,1-2H3. The third-order valence-corrected chi connectivity index (χ3v) is 6.93. The molecule has 1 aliphatic heterocycles. The van der Waals surface area contributed by atoms with Gasteiger partial charge in [-0.1, -0.05) is 36.8 Å². The number of hydrogen-bond donors (Lipinski definition) is 0. The van der Waals surface area contributed by atoms with Crippen molar-refractivity contribution < 1.29 is 9.59 Å². The molecule has 1 saturated heterocycles. The zero-order chi connectivity index (χ0) is 18.4. The highest BCUT2D eigenvalue weighted by Crippen LogP contribution is 2.57. The van der Waals surface area contributed by atoms with Crippen molar-refractivity contribution in [2.24, 2.45) is 5.92 Å². The third kappa shape index (κ3) is 2.56. The first-order chi connectivity index (χ1) is 12.5. The Morgan fingerprint density at radius 2 is 1.88 bits per heavy atom. The van der Waals surface area contributed by atoms with Crippen molar-refractivity contribution in [3.63, 3.8) is 0 Å². The molecule has 0 unspecified atom stereocenters. The lowest BCUT2D eigenvalue weighted by molar-refractivity contribution is -0.108. The van der Waals surface area contributed by atoms with Crippen molar-refractivity contribution in [2.45, 2.75) is 43.2 Å². The molecular formula is C21H29N3O2. The number of aldehydes is 1. The number of nitrogens with zero attached hydrogens (tertiary/aromatic N) is 3. The van der Waals surface area contributed by atoms with Gasteiger partial charge in [0.2, 0.25) is 0 Å². The average molecular weight is 355 g/mol. The van der Waals surface area contributed by atoms with Crippen molar-refractivity contribution in [1.29, 1.82) is 0 Å². The van der Waals surface area contributed by atoms with Gasteiger partial charge < -0.3 is 14.6 Å². The first kappa shape index (κ1) is 17.5. The minimum Gasteiger partial charge on any atom is -0.317 e. The SMILES string of the molecule is CN(C)C1(c2ccccc2)CC2(CN(CC=O)C(=O)N2CC2CCC2)C1. The molecule has 1 heterocycles. The number of carbonyl (C=O) groups is 2. The molecule has 1 spiro atoms. The fourth-order valence-corrected chi connectivity index (χ4v) is 5.19. The molecule has 0 bridgehead atoms. The molecule has 2 amide bonds. The van der Waals surface area contributed by atoms with Gasteiger partial charge >= 0.3 is 6.03 Å². The van der Waals surface area contributed by atoms with Gasteiger partial charge in [-0.3, -0.25) is 4.90 Å². The second-order valence-corrected chi connectivity index (χ2v) is 8.61. The van der Waals surface area contributed by atoms with Crippen LogP contribution in [0.5, 0.6) is 0 Å². The molecule has 0 radical (unpaired) electrons. The van der Waals surface area contributed by atoms with Gasteiger partial charge in [-0.2, -0.15) is 0 Å². The monoisotopic (exact) mass is 355 g/mol. The van der Waals surface area contributed by atoms with E-state index < -0.39 is 0 Å². The molecule has 26 heavy (non-hydrogen) atoms. The van der Waals surface area contributed by atoms with Gasteiger partial charge in [-0.15, -0.1) is 0 Å². The summed E-state index contributed by atoms with van der Waals surface area (Å²) in [6, 6.07) is 10.7. The van der Waals surface area contributed by atoms with E-state index in [0.717, 1.165) is 25.7 Å². The van der Waals surface area contributed by atoms with Gasteiger partial charge in [0, 0.05) is 13.1 Å². The van der Waals surface area contributed by atoms with Crippen LogP contribution in [0.2, 0.25) is 0 Å². The van der Waals surface area contributed by atoms with Crippen LogP contribution in [0.3, 0.4) is 0 Å². The summed E-state index contributed by atoms with van der Waals surface area (Å²) in [5.41, 5.74) is 1.16. The van der Waals surface area contributed by atoms with Gasteiger partial charge in [0.1, 0.15) is 6.29 Å². The number of benzene rings is 1. The predicted octanol–water partition coefficient (Wildman–Crippen LogP) is 2.71. The minimum atomic E-state index is -0.129. The molecule has 3 fully saturated rings. The molecule has 1 aromatic carbocycles. The molecule has 5 nitrogen and oxygen atoms in total. The zero-order valence-electron chi connectivity index (χ0n) is 15.9. The average Bonchev–Trinajstić information content (AvgIpc) is 2.82.